The molecule has 2 aliphatic carbocycles. The quantitative estimate of drug-likeness (QED) is 0.345. The molecule has 37 heavy (non-hydrogen) atoms. The number of fused-ring (bicyclic) bond motifs is 1. The summed E-state index contributed by atoms with van der Waals surface area (Å²) in [6.07, 6.45) is 5.33. The maximum atomic E-state index is 14.4. The van der Waals surface area contributed by atoms with Crippen molar-refractivity contribution in [2.75, 3.05) is 0 Å². The van der Waals surface area contributed by atoms with Crippen LogP contribution >= 0.6 is 0 Å². The van der Waals surface area contributed by atoms with Crippen LogP contribution < -0.4 is 5.32 Å². The van der Waals surface area contributed by atoms with Gasteiger partial charge < -0.3 is 10.4 Å². The van der Waals surface area contributed by atoms with Crippen molar-refractivity contribution >= 4 is 22.8 Å². The van der Waals surface area contributed by atoms with Gasteiger partial charge in [-0.25, -0.2) is 4.39 Å². The highest BCUT2D eigenvalue weighted by atomic mass is 19.1. The van der Waals surface area contributed by atoms with Gasteiger partial charge in [0.25, 0.3) is 5.91 Å². The number of nitrogens with one attached hydrogen (secondary N) is 1. The highest BCUT2D eigenvalue weighted by molar-refractivity contribution is 6.05. The number of hydrogen-bond donors (Lipinski definition) is 2. The summed E-state index contributed by atoms with van der Waals surface area (Å²) in [4.78, 5) is 24.2. The van der Waals surface area contributed by atoms with Gasteiger partial charge in [-0.15, -0.1) is 0 Å². The van der Waals surface area contributed by atoms with Gasteiger partial charge in [0.05, 0.1) is 23.8 Å². The molecule has 2 fully saturated rings. The molecule has 1 aromatic heterocycles. The molecule has 0 aliphatic heterocycles. The highest BCUT2D eigenvalue weighted by Crippen LogP contribution is 2.59. The minimum atomic E-state index is -0.747. The van der Waals surface area contributed by atoms with Gasteiger partial charge in [-0.1, -0.05) is 54.6 Å². The number of benzene rings is 3. The molecule has 1 heterocycles. The Labute approximate surface area is 214 Å². The normalized spacial score (nSPS) is 22.4. The molecule has 1 spiro atoms. The summed E-state index contributed by atoms with van der Waals surface area (Å²) in [7, 11) is 0. The maximum Gasteiger partial charge on any atom is 0.303 e. The number of aromatic nitrogens is 2. The van der Waals surface area contributed by atoms with Crippen molar-refractivity contribution in [3.63, 3.8) is 0 Å². The minimum Gasteiger partial charge on any atom is -0.481 e. The van der Waals surface area contributed by atoms with E-state index in [2.05, 4.69) is 34.7 Å². The van der Waals surface area contributed by atoms with Crippen molar-refractivity contribution in [2.24, 2.45) is 11.3 Å². The largest absolute Gasteiger partial charge is 0.481 e. The summed E-state index contributed by atoms with van der Waals surface area (Å²) in [6.45, 7) is 0.460. The van der Waals surface area contributed by atoms with Gasteiger partial charge in [-0.05, 0) is 65.8 Å². The fourth-order valence-corrected chi connectivity index (χ4v) is 6.34. The van der Waals surface area contributed by atoms with Gasteiger partial charge in [0.15, 0.2) is 0 Å². The first-order chi connectivity index (χ1) is 17.9. The predicted molar refractivity (Wildman–Crippen MR) is 139 cm³/mol. The number of carbonyl (C=O) groups excluding carboxylic acids is 1. The first kappa shape index (κ1) is 23.4. The van der Waals surface area contributed by atoms with E-state index in [1.807, 2.05) is 30.3 Å². The third-order valence-electron chi connectivity index (χ3n) is 7.94. The van der Waals surface area contributed by atoms with E-state index >= 15 is 0 Å². The topological polar surface area (TPSA) is 84.2 Å². The van der Waals surface area contributed by atoms with E-state index in [9.17, 15) is 14.0 Å². The highest BCUT2D eigenvalue weighted by Gasteiger charge is 2.53. The van der Waals surface area contributed by atoms with E-state index in [1.165, 1.54) is 12.1 Å². The summed E-state index contributed by atoms with van der Waals surface area (Å²) >= 11 is 0. The fraction of sp³-hybridized carbons (Fsp3) is 0.300. The Morgan fingerprint density at radius 1 is 1.00 bits per heavy atom. The average Bonchev–Trinajstić information content (AvgIpc) is 3.23. The summed E-state index contributed by atoms with van der Waals surface area (Å²) in [5.41, 5.74) is 4.36. The molecular weight excluding hydrogens is 469 g/mol. The number of nitrogens with zero attached hydrogens (tertiary/aromatic N) is 2. The van der Waals surface area contributed by atoms with Crippen LogP contribution in [0.15, 0.2) is 72.9 Å². The molecule has 4 aromatic rings. The molecule has 7 heteroatoms. The number of hydrogen-bond acceptors (Lipinski definition) is 3. The van der Waals surface area contributed by atoms with Crippen LogP contribution in [0.2, 0.25) is 0 Å². The molecular formula is C30H28FN3O3. The molecule has 2 N–H and O–H groups in total. The molecule has 188 valence electrons. The molecule has 0 atom stereocenters. The minimum absolute atomic E-state index is 0.0264. The Morgan fingerprint density at radius 3 is 2.41 bits per heavy atom. The molecule has 0 saturated heterocycles. The van der Waals surface area contributed by atoms with Crippen LogP contribution in [0.1, 0.15) is 48.0 Å². The van der Waals surface area contributed by atoms with Crippen LogP contribution in [0.5, 0.6) is 0 Å². The Balaban J connectivity index is 1.17. The van der Waals surface area contributed by atoms with Crippen molar-refractivity contribution in [1.82, 2.24) is 15.1 Å². The molecule has 0 radical (unpaired) electrons. The Hall–Kier alpha value is -4.00. The van der Waals surface area contributed by atoms with Gasteiger partial charge in [-0.2, -0.15) is 5.10 Å². The summed E-state index contributed by atoms with van der Waals surface area (Å²) < 4.78 is 16.2. The first-order valence-corrected chi connectivity index (χ1v) is 12.7. The van der Waals surface area contributed by atoms with Crippen molar-refractivity contribution in [3.8, 4) is 11.1 Å². The lowest BCUT2D eigenvalue weighted by molar-refractivity contribution is -0.142. The van der Waals surface area contributed by atoms with Crippen molar-refractivity contribution in [1.29, 1.82) is 0 Å². The van der Waals surface area contributed by atoms with Crippen LogP contribution in [-0.4, -0.2) is 32.8 Å². The second-order valence-corrected chi connectivity index (χ2v) is 10.7. The average molecular weight is 498 g/mol. The molecule has 1 amide bonds. The van der Waals surface area contributed by atoms with Crippen LogP contribution in [0.3, 0.4) is 0 Å². The Kier molecular flexibility index (Phi) is 5.78. The second kappa shape index (κ2) is 9.14. The molecule has 2 saturated carbocycles. The lowest BCUT2D eigenvalue weighted by atomic mass is 9.49. The SMILES string of the molecule is O=C(O)CC1CC2(C1)CC(NC(=O)c1cc(F)cc3cnn(Cc4ccc(-c5ccccc5)cc4)c13)C2. The van der Waals surface area contributed by atoms with Gasteiger partial charge >= 0.3 is 5.97 Å². The smallest absolute Gasteiger partial charge is 0.303 e. The Morgan fingerprint density at radius 2 is 1.70 bits per heavy atom. The third-order valence-corrected chi connectivity index (χ3v) is 7.94. The summed E-state index contributed by atoms with van der Waals surface area (Å²) in [5.74, 6) is -1.27. The third kappa shape index (κ3) is 4.61. The second-order valence-electron chi connectivity index (χ2n) is 10.7. The lowest BCUT2D eigenvalue weighted by Gasteiger charge is -2.57. The zero-order valence-corrected chi connectivity index (χ0v) is 20.4. The number of carboxylic acids is 1. The van der Waals surface area contributed by atoms with Gasteiger partial charge in [0.1, 0.15) is 5.82 Å². The van der Waals surface area contributed by atoms with Crippen molar-refractivity contribution < 1.29 is 19.1 Å². The zero-order valence-electron chi connectivity index (χ0n) is 20.4. The van der Waals surface area contributed by atoms with E-state index in [-0.39, 0.29) is 35.3 Å². The molecule has 0 bridgehead atoms. The predicted octanol–water partition coefficient (Wildman–Crippen LogP) is 5.65. The molecule has 6 rings (SSSR count). The maximum absolute atomic E-state index is 14.4. The van der Waals surface area contributed by atoms with Crippen LogP contribution in [0.4, 0.5) is 4.39 Å². The van der Waals surface area contributed by atoms with Gasteiger partial charge in [0.2, 0.25) is 0 Å². The lowest BCUT2D eigenvalue weighted by Crippen LogP contribution is -2.56. The van der Waals surface area contributed by atoms with Gasteiger partial charge in [0, 0.05) is 17.8 Å². The van der Waals surface area contributed by atoms with Crippen LogP contribution in [0.25, 0.3) is 22.0 Å². The molecule has 3 aromatic carbocycles. The van der Waals surface area contributed by atoms with Crippen molar-refractivity contribution in [2.45, 2.75) is 44.7 Å². The van der Waals surface area contributed by atoms with Crippen LogP contribution in [0, 0.1) is 17.2 Å². The Bertz CT molecular complexity index is 1470. The first-order valence-electron chi connectivity index (χ1n) is 12.7. The van der Waals surface area contributed by atoms with E-state index in [1.54, 1.807) is 10.9 Å². The van der Waals surface area contributed by atoms with E-state index < -0.39 is 11.8 Å². The number of amides is 1. The number of halogens is 1. The number of carboxylic acid groups (broad SMARTS) is 1. The molecule has 0 unspecified atom stereocenters. The van der Waals surface area contributed by atoms with E-state index in [0.717, 1.165) is 42.4 Å². The number of rotatable bonds is 7. The van der Waals surface area contributed by atoms with E-state index in [0.29, 0.717) is 17.4 Å². The standard InChI is InChI=1S/C30H28FN3O3/c31-24-11-23-17-32-34(18-19-6-8-22(9-7-19)21-4-2-1-3-5-21)28(23)26(12-24)29(37)33-25-15-30(16-25)13-20(14-30)10-27(35)36/h1-9,11-12,17,20,25H,10,13-16,18H2,(H,33,37)(H,35,36). The van der Waals surface area contributed by atoms with Crippen LogP contribution in [-0.2, 0) is 11.3 Å². The molecule has 2 aliphatic rings. The number of carbonyl (C=O) groups is 2. The summed E-state index contributed by atoms with van der Waals surface area (Å²) in [6, 6.07) is 21.1. The molecule has 6 nitrogen and oxygen atoms in total. The van der Waals surface area contributed by atoms with Crippen molar-refractivity contribution in [3.05, 3.63) is 89.9 Å². The fourth-order valence-electron chi connectivity index (χ4n) is 6.34. The number of aliphatic carboxylic acids is 1. The summed E-state index contributed by atoms with van der Waals surface area (Å²) in [5, 5.41) is 17.1. The zero-order chi connectivity index (χ0) is 25.6. The monoisotopic (exact) mass is 497 g/mol. The van der Waals surface area contributed by atoms with Gasteiger partial charge in [-0.3, -0.25) is 14.3 Å². The van der Waals surface area contributed by atoms with E-state index in [4.69, 9.17) is 5.11 Å².